The molecule has 0 fully saturated rings. The van der Waals surface area contributed by atoms with Gasteiger partial charge in [0, 0.05) is 6.21 Å². The maximum Gasteiger partial charge on any atom is 0.119 e. The largest absolute Gasteiger partial charge is 0.494 e. The number of nitrogens with zero attached hydrogens (tertiary/aromatic N) is 1. The molecule has 2 heteroatoms. The molecule has 0 N–H and O–H groups in total. The first kappa shape index (κ1) is 20.2. The highest BCUT2D eigenvalue weighted by atomic mass is 16.5. The van der Waals surface area contributed by atoms with E-state index in [0.717, 1.165) is 36.4 Å². The summed E-state index contributed by atoms with van der Waals surface area (Å²) < 4.78 is 5.80. The number of aryl methyl sites for hydroxylation is 1. The zero-order valence-corrected chi connectivity index (χ0v) is 16.4. The van der Waals surface area contributed by atoms with Crippen molar-refractivity contribution in [2.24, 2.45) is 4.99 Å². The Morgan fingerprint density at radius 2 is 1.46 bits per heavy atom. The van der Waals surface area contributed by atoms with Crippen LogP contribution in [0.4, 0.5) is 5.69 Å². The van der Waals surface area contributed by atoms with E-state index >= 15 is 0 Å². The molecule has 0 aliphatic heterocycles. The molecule has 0 aliphatic rings. The monoisotopic (exact) mass is 351 g/mol. The van der Waals surface area contributed by atoms with E-state index in [4.69, 9.17) is 4.74 Å². The minimum absolute atomic E-state index is 0.807. The van der Waals surface area contributed by atoms with Crippen LogP contribution in [0.5, 0.6) is 5.75 Å². The average Bonchev–Trinajstić information content (AvgIpc) is 2.69. The highest BCUT2D eigenvalue weighted by Crippen LogP contribution is 2.16. The minimum atomic E-state index is 0.807. The molecule has 140 valence electrons. The molecule has 2 rings (SSSR count). The van der Waals surface area contributed by atoms with Crippen LogP contribution in [0, 0.1) is 0 Å². The van der Waals surface area contributed by atoms with Gasteiger partial charge in [-0.3, -0.25) is 4.99 Å². The molecule has 0 saturated carbocycles. The molecule has 0 heterocycles. The van der Waals surface area contributed by atoms with E-state index in [1.54, 1.807) is 0 Å². The molecule has 0 atom stereocenters. The van der Waals surface area contributed by atoms with Crippen molar-refractivity contribution >= 4 is 11.9 Å². The molecule has 2 aromatic carbocycles. The molecule has 0 saturated heterocycles. The van der Waals surface area contributed by atoms with E-state index in [1.807, 2.05) is 18.3 Å². The molecule has 2 nitrogen and oxygen atoms in total. The lowest BCUT2D eigenvalue weighted by Gasteiger charge is -2.06. The van der Waals surface area contributed by atoms with Gasteiger partial charge in [0.25, 0.3) is 0 Å². The van der Waals surface area contributed by atoms with Gasteiger partial charge in [0.2, 0.25) is 0 Å². The number of hydrogen-bond donors (Lipinski definition) is 0. The third kappa shape index (κ3) is 7.86. The lowest BCUT2D eigenvalue weighted by atomic mass is 10.1. The number of aliphatic imine (C=N–C) groups is 1. The maximum atomic E-state index is 5.80. The minimum Gasteiger partial charge on any atom is -0.494 e. The Morgan fingerprint density at radius 3 is 2.15 bits per heavy atom. The lowest BCUT2D eigenvalue weighted by Crippen LogP contribution is -1.97. The van der Waals surface area contributed by atoms with E-state index in [0.29, 0.717) is 0 Å². The molecule has 0 radical (unpaired) electrons. The second-order valence-corrected chi connectivity index (χ2v) is 6.86. The molecular weight excluding hydrogens is 318 g/mol. The zero-order chi connectivity index (χ0) is 18.5. The van der Waals surface area contributed by atoms with Crippen LogP contribution in [0.15, 0.2) is 53.5 Å². The Kier molecular flexibility index (Phi) is 9.56. The zero-order valence-electron chi connectivity index (χ0n) is 16.4. The van der Waals surface area contributed by atoms with Crippen molar-refractivity contribution in [2.45, 2.75) is 65.2 Å². The van der Waals surface area contributed by atoms with Gasteiger partial charge in [-0.25, -0.2) is 0 Å². The number of rotatable bonds is 12. The van der Waals surface area contributed by atoms with Crippen molar-refractivity contribution < 1.29 is 4.74 Å². The van der Waals surface area contributed by atoms with Crippen molar-refractivity contribution in [2.75, 3.05) is 6.61 Å². The molecule has 0 unspecified atom stereocenters. The van der Waals surface area contributed by atoms with Gasteiger partial charge < -0.3 is 4.74 Å². The molecule has 0 aliphatic carbocycles. The summed E-state index contributed by atoms with van der Waals surface area (Å²) in [5.74, 6) is 0.943. The quantitative estimate of drug-likeness (QED) is 0.294. The molecule has 0 spiro atoms. The van der Waals surface area contributed by atoms with Crippen LogP contribution in [0.25, 0.3) is 0 Å². The van der Waals surface area contributed by atoms with Gasteiger partial charge in [-0.05, 0) is 66.8 Å². The first-order valence-corrected chi connectivity index (χ1v) is 10.2. The molecule has 0 bridgehead atoms. The van der Waals surface area contributed by atoms with Crippen LogP contribution in [0.1, 0.15) is 69.9 Å². The first-order valence-electron chi connectivity index (χ1n) is 10.2. The Balaban J connectivity index is 1.76. The smallest absolute Gasteiger partial charge is 0.119 e. The van der Waals surface area contributed by atoms with E-state index in [2.05, 4.69) is 55.2 Å². The highest BCUT2D eigenvalue weighted by molar-refractivity contribution is 5.82. The van der Waals surface area contributed by atoms with E-state index in [1.165, 1.54) is 44.1 Å². The second-order valence-electron chi connectivity index (χ2n) is 6.86. The predicted octanol–water partition coefficient (Wildman–Crippen LogP) is 7.13. The van der Waals surface area contributed by atoms with E-state index in [9.17, 15) is 0 Å². The summed E-state index contributed by atoms with van der Waals surface area (Å²) in [7, 11) is 0. The van der Waals surface area contributed by atoms with E-state index < -0.39 is 0 Å². The Morgan fingerprint density at radius 1 is 0.769 bits per heavy atom. The Labute approximate surface area is 159 Å². The van der Waals surface area contributed by atoms with Gasteiger partial charge in [-0.1, -0.05) is 58.1 Å². The maximum absolute atomic E-state index is 5.80. The third-order valence-corrected chi connectivity index (χ3v) is 4.51. The molecule has 26 heavy (non-hydrogen) atoms. The number of hydrogen-bond acceptors (Lipinski definition) is 2. The third-order valence-electron chi connectivity index (χ3n) is 4.51. The summed E-state index contributed by atoms with van der Waals surface area (Å²) in [6.45, 7) is 5.27. The molecule has 0 aromatic heterocycles. The highest BCUT2D eigenvalue weighted by Gasteiger charge is 1.96. The van der Waals surface area contributed by atoms with Crippen LogP contribution in [-0.2, 0) is 6.42 Å². The van der Waals surface area contributed by atoms with Gasteiger partial charge in [0.05, 0.1) is 12.3 Å². The fourth-order valence-corrected chi connectivity index (χ4v) is 2.82. The summed E-state index contributed by atoms with van der Waals surface area (Å²) in [6, 6.07) is 16.7. The number of benzene rings is 2. The summed E-state index contributed by atoms with van der Waals surface area (Å²) >= 11 is 0. The topological polar surface area (TPSA) is 21.6 Å². The molecule has 2 aromatic rings. The van der Waals surface area contributed by atoms with Gasteiger partial charge in [-0.15, -0.1) is 0 Å². The van der Waals surface area contributed by atoms with Crippen molar-refractivity contribution in [3.05, 3.63) is 59.7 Å². The fourth-order valence-electron chi connectivity index (χ4n) is 2.82. The normalized spacial score (nSPS) is 11.2. The van der Waals surface area contributed by atoms with Crippen LogP contribution >= 0.6 is 0 Å². The average molecular weight is 352 g/mol. The summed E-state index contributed by atoms with van der Waals surface area (Å²) in [5, 5.41) is 0. The van der Waals surface area contributed by atoms with Gasteiger partial charge in [-0.2, -0.15) is 0 Å². The fraction of sp³-hybridized carbons (Fsp3) is 0.458. The SMILES string of the molecule is CCCCCCCOc1ccc(C=Nc2ccc(CCCC)cc2)cc1. The molecule has 0 amide bonds. The van der Waals surface area contributed by atoms with Crippen molar-refractivity contribution in [1.82, 2.24) is 0 Å². The van der Waals surface area contributed by atoms with Gasteiger partial charge >= 0.3 is 0 Å². The van der Waals surface area contributed by atoms with Gasteiger partial charge in [0.1, 0.15) is 5.75 Å². The first-order chi connectivity index (χ1) is 12.8. The predicted molar refractivity (Wildman–Crippen MR) is 113 cm³/mol. The van der Waals surface area contributed by atoms with E-state index in [-0.39, 0.29) is 0 Å². The standard InChI is InChI=1S/C24H33NO/c1-3-5-7-8-9-19-26-24-17-13-22(14-18-24)20-25-23-15-11-21(12-16-23)10-6-4-2/h11-18,20H,3-10,19H2,1-2H3. The second kappa shape index (κ2) is 12.3. The Hall–Kier alpha value is -2.09. The molecular formula is C24H33NO. The van der Waals surface area contributed by atoms with Crippen LogP contribution in [0.2, 0.25) is 0 Å². The summed E-state index contributed by atoms with van der Waals surface area (Å²) in [6.07, 6.45) is 11.9. The van der Waals surface area contributed by atoms with Crippen LogP contribution < -0.4 is 4.74 Å². The van der Waals surface area contributed by atoms with Crippen LogP contribution in [0.3, 0.4) is 0 Å². The number of unbranched alkanes of at least 4 members (excludes halogenated alkanes) is 5. The summed E-state index contributed by atoms with van der Waals surface area (Å²) in [4.78, 5) is 4.57. The lowest BCUT2D eigenvalue weighted by molar-refractivity contribution is 0.304. The summed E-state index contributed by atoms with van der Waals surface area (Å²) in [5.41, 5.74) is 3.48. The van der Waals surface area contributed by atoms with Crippen molar-refractivity contribution in [1.29, 1.82) is 0 Å². The van der Waals surface area contributed by atoms with Crippen molar-refractivity contribution in [3.8, 4) is 5.75 Å². The van der Waals surface area contributed by atoms with Crippen molar-refractivity contribution in [3.63, 3.8) is 0 Å². The number of ether oxygens (including phenoxy) is 1. The Bertz CT molecular complexity index is 628. The van der Waals surface area contributed by atoms with Gasteiger partial charge in [0.15, 0.2) is 0 Å². The van der Waals surface area contributed by atoms with Crippen LogP contribution in [-0.4, -0.2) is 12.8 Å².